The fraction of sp³-hybridized carbons (Fsp3) is 0.500. The van der Waals surface area contributed by atoms with Crippen molar-refractivity contribution in [3.8, 4) is 0 Å². The van der Waals surface area contributed by atoms with Crippen LogP contribution in [-0.4, -0.2) is 43.0 Å². The van der Waals surface area contributed by atoms with Crippen LogP contribution >= 0.6 is 0 Å². The third-order valence-corrected chi connectivity index (χ3v) is 2.86. The molecule has 1 aromatic carbocycles. The quantitative estimate of drug-likeness (QED) is 0.613. The summed E-state index contributed by atoms with van der Waals surface area (Å²) in [4.78, 5) is 25.0. The largest absolute Gasteiger partial charge is 0.379 e. The Morgan fingerprint density at radius 3 is 2.52 bits per heavy atom. The first-order valence-corrected chi connectivity index (χ1v) is 7.19. The summed E-state index contributed by atoms with van der Waals surface area (Å²) in [6.45, 7) is 5.35. The fourth-order valence-corrected chi connectivity index (χ4v) is 1.77. The molecule has 5 heteroatoms. The van der Waals surface area contributed by atoms with Gasteiger partial charge in [0.15, 0.2) is 0 Å². The summed E-state index contributed by atoms with van der Waals surface area (Å²) < 4.78 is 5.36. The molecule has 116 valence electrons. The van der Waals surface area contributed by atoms with Crippen LogP contribution in [0.3, 0.4) is 0 Å². The van der Waals surface area contributed by atoms with Crippen molar-refractivity contribution in [2.75, 3.05) is 20.2 Å². The lowest BCUT2D eigenvalue weighted by atomic mass is 10.2. The summed E-state index contributed by atoms with van der Waals surface area (Å²) in [6, 6.07) is 9.57. The standard InChI is InChI=1S/C16H24N2O3/c1-13(2)21-11-7-10-17-15(19)16(20)18(3)12-14-8-5-4-6-9-14/h4-6,8-9,13H,7,10-12H2,1-3H3,(H,17,19). The Balaban J connectivity index is 2.28. The molecule has 1 rings (SSSR count). The number of benzene rings is 1. The molecule has 0 radical (unpaired) electrons. The van der Waals surface area contributed by atoms with Crippen molar-refractivity contribution < 1.29 is 14.3 Å². The van der Waals surface area contributed by atoms with Gasteiger partial charge in [0, 0.05) is 26.7 Å². The van der Waals surface area contributed by atoms with Gasteiger partial charge in [0.2, 0.25) is 0 Å². The summed E-state index contributed by atoms with van der Waals surface area (Å²) >= 11 is 0. The second-order valence-electron chi connectivity index (χ2n) is 5.18. The van der Waals surface area contributed by atoms with E-state index in [9.17, 15) is 9.59 Å². The molecule has 0 aliphatic heterocycles. The van der Waals surface area contributed by atoms with Gasteiger partial charge in [-0.2, -0.15) is 0 Å². The Kier molecular flexibility index (Phi) is 7.46. The lowest BCUT2D eigenvalue weighted by molar-refractivity contribution is -0.145. The van der Waals surface area contributed by atoms with Crippen LogP contribution in [0.25, 0.3) is 0 Å². The van der Waals surface area contributed by atoms with Gasteiger partial charge < -0.3 is 15.0 Å². The Morgan fingerprint density at radius 1 is 1.24 bits per heavy atom. The number of hydrogen-bond donors (Lipinski definition) is 1. The average molecular weight is 292 g/mol. The molecular weight excluding hydrogens is 268 g/mol. The number of nitrogens with zero attached hydrogens (tertiary/aromatic N) is 1. The predicted octanol–water partition coefficient (Wildman–Crippen LogP) is 1.58. The third kappa shape index (κ3) is 6.90. The van der Waals surface area contributed by atoms with Crippen LogP contribution in [0.2, 0.25) is 0 Å². The zero-order valence-corrected chi connectivity index (χ0v) is 13.0. The first kappa shape index (κ1) is 17.2. The molecule has 0 fully saturated rings. The average Bonchev–Trinajstić information content (AvgIpc) is 2.46. The summed E-state index contributed by atoms with van der Waals surface area (Å²) in [7, 11) is 1.62. The van der Waals surface area contributed by atoms with E-state index in [1.807, 2.05) is 44.2 Å². The van der Waals surface area contributed by atoms with Crippen molar-refractivity contribution in [1.82, 2.24) is 10.2 Å². The van der Waals surface area contributed by atoms with Gasteiger partial charge in [0.05, 0.1) is 6.10 Å². The first-order chi connectivity index (χ1) is 10.0. The number of rotatable bonds is 7. The fourth-order valence-electron chi connectivity index (χ4n) is 1.77. The second-order valence-corrected chi connectivity index (χ2v) is 5.18. The summed E-state index contributed by atoms with van der Waals surface area (Å²) in [6.07, 6.45) is 0.874. The van der Waals surface area contributed by atoms with Crippen molar-refractivity contribution in [1.29, 1.82) is 0 Å². The molecule has 0 unspecified atom stereocenters. The lowest BCUT2D eigenvalue weighted by Gasteiger charge is -2.16. The lowest BCUT2D eigenvalue weighted by Crippen LogP contribution is -2.41. The molecule has 0 spiro atoms. The van der Waals surface area contributed by atoms with Gasteiger partial charge in [-0.1, -0.05) is 30.3 Å². The summed E-state index contributed by atoms with van der Waals surface area (Å²) in [5, 5.41) is 2.61. The highest BCUT2D eigenvalue weighted by molar-refractivity contribution is 6.34. The topological polar surface area (TPSA) is 58.6 Å². The molecule has 1 aromatic rings. The highest BCUT2D eigenvalue weighted by Crippen LogP contribution is 2.02. The minimum Gasteiger partial charge on any atom is -0.379 e. The first-order valence-electron chi connectivity index (χ1n) is 7.19. The zero-order valence-electron chi connectivity index (χ0n) is 13.0. The van der Waals surface area contributed by atoms with Gasteiger partial charge >= 0.3 is 11.8 Å². The van der Waals surface area contributed by atoms with Crippen molar-refractivity contribution in [2.24, 2.45) is 0 Å². The molecule has 0 aliphatic carbocycles. The smallest absolute Gasteiger partial charge is 0.311 e. The number of likely N-dealkylation sites (N-methyl/N-ethyl adjacent to an activating group) is 1. The summed E-state index contributed by atoms with van der Waals surface area (Å²) in [5.74, 6) is -1.10. The van der Waals surface area contributed by atoms with Crippen LogP contribution in [0.4, 0.5) is 0 Å². The molecule has 0 aliphatic rings. The van der Waals surface area contributed by atoms with Gasteiger partial charge in [-0.25, -0.2) is 0 Å². The SMILES string of the molecule is CC(C)OCCCNC(=O)C(=O)N(C)Cc1ccccc1. The minimum absolute atomic E-state index is 0.180. The molecule has 1 N–H and O–H groups in total. The minimum atomic E-state index is -0.571. The number of nitrogens with one attached hydrogen (secondary N) is 1. The van der Waals surface area contributed by atoms with E-state index in [1.165, 1.54) is 4.90 Å². The second kappa shape index (κ2) is 9.13. The molecule has 5 nitrogen and oxygen atoms in total. The van der Waals surface area contributed by atoms with E-state index in [1.54, 1.807) is 7.05 Å². The Hall–Kier alpha value is -1.88. The third-order valence-electron chi connectivity index (χ3n) is 2.86. The molecule has 2 amide bonds. The van der Waals surface area contributed by atoms with Gasteiger partial charge in [0.25, 0.3) is 0 Å². The molecule has 0 saturated carbocycles. The molecular formula is C16H24N2O3. The van der Waals surface area contributed by atoms with Crippen LogP contribution in [0.15, 0.2) is 30.3 Å². The van der Waals surface area contributed by atoms with E-state index in [4.69, 9.17) is 4.74 Å². The van der Waals surface area contributed by atoms with E-state index < -0.39 is 11.8 Å². The highest BCUT2D eigenvalue weighted by atomic mass is 16.5. The number of ether oxygens (including phenoxy) is 1. The van der Waals surface area contributed by atoms with Crippen molar-refractivity contribution >= 4 is 11.8 Å². The van der Waals surface area contributed by atoms with Gasteiger partial charge in [0.1, 0.15) is 0 Å². The molecule has 0 aromatic heterocycles. The van der Waals surface area contributed by atoms with E-state index >= 15 is 0 Å². The van der Waals surface area contributed by atoms with Crippen LogP contribution in [0, 0.1) is 0 Å². The summed E-state index contributed by atoms with van der Waals surface area (Å²) in [5.41, 5.74) is 0.992. The molecule has 0 saturated heterocycles. The maximum Gasteiger partial charge on any atom is 0.311 e. The van der Waals surface area contributed by atoms with Crippen molar-refractivity contribution in [2.45, 2.75) is 32.9 Å². The van der Waals surface area contributed by atoms with Gasteiger partial charge in [-0.3, -0.25) is 9.59 Å². The van der Waals surface area contributed by atoms with Crippen LogP contribution in [-0.2, 0) is 20.9 Å². The number of hydrogen-bond acceptors (Lipinski definition) is 3. The molecule has 21 heavy (non-hydrogen) atoms. The molecule has 0 atom stereocenters. The molecule has 0 bridgehead atoms. The van der Waals surface area contributed by atoms with E-state index in [2.05, 4.69) is 5.32 Å². The van der Waals surface area contributed by atoms with Crippen molar-refractivity contribution in [3.63, 3.8) is 0 Å². The van der Waals surface area contributed by atoms with Crippen LogP contribution in [0.5, 0.6) is 0 Å². The number of amides is 2. The normalized spacial score (nSPS) is 10.5. The van der Waals surface area contributed by atoms with Crippen molar-refractivity contribution in [3.05, 3.63) is 35.9 Å². The monoisotopic (exact) mass is 292 g/mol. The highest BCUT2D eigenvalue weighted by Gasteiger charge is 2.17. The number of carbonyl (C=O) groups is 2. The van der Waals surface area contributed by atoms with E-state index in [0.29, 0.717) is 26.1 Å². The van der Waals surface area contributed by atoms with Gasteiger partial charge in [-0.05, 0) is 25.8 Å². The Bertz CT molecular complexity index is 446. The maximum atomic E-state index is 11.9. The molecule has 0 heterocycles. The van der Waals surface area contributed by atoms with Crippen LogP contribution < -0.4 is 5.32 Å². The maximum absolute atomic E-state index is 11.9. The van der Waals surface area contributed by atoms with Crippen LogP contribution in [0.1, 0.15) is 25.8 Å². The predicted molar refractivity (Wildman–Crippen MR) is 81.6 cm³/mol. The van der Waals surface area contributed by atoms with Gasteiger partial charge in [-0.15, -0.1) is 0 Å². The van der Waals surface area contributed by atoms with E-state index in [-0.39, 0.29) is 6.10 Å². The number of carbonyl (C=O) groups excluding carboxylic acids is 2. The Morgan fingerprint density at radius 2 is 1.90 bits per heavy atom. The van der Waals surface area contributed by atoms with E-state index in [0.717, 1.165) is 5.56 Å². The zero-order chi connectivity index (χ0) is 15.7. The Labute approximate surface area is 126 Å².